The summed E-state index contributed by atoms with van der Waals surface area (Å²) in [7, 11) is 1.45. The van der Waals surface area contributed by atoms with Crippen molar-refractivity contribution in [2.75, 3.05) is 26.7 Å². The molecule has 7 nitrogen and oxygen atoms in total. The second-order valence-corrected chi connectivity index (χ2v) is 7.45. The van der Waals surface area contributed by atoms with Crippen molar-refractivity contribution in [2.24, 2.45) is 16.8 Å². The topological polar surface area (TPSA) is 71.8 Å². The summed E-state index contributed by atoms with van der Waals surface area (Å²) in [5.74, 6) is 1.74. The molecule has 1 fully saturated rings. The largest absolute Gasteiger partial charge is 0.469 e. The third-order valence-corrected chi connectivity index (χ3v) is 5.41. The van der Waals surface area contributed by atoms with Crippen molar-refractivity contribution in [3.05, 3.63) is 54.1 Å². The molecule has 2 heterocycles. The summed E-state index contributed by atoms with van der Waals surface area (Å²) in [5, 5.41) is 3.35. The molecule has 0 aliphatic carbocycles. The zero-order valence-corrected chi connectivity index (χ0v) is 17.5. The quantitative estimate of drug-likeness (QED) is 0.441. The lowest BCUT2D eigenvalue weighted by Crippen LogP contribution is -2.40. The number of hydrogen-bond acceptors (Lipinski definition) is 4. The highest BCUT2D eigenvalue weighted by Gasteiger charge is 2.36. The molecule has 0 radical (unpaired) electrons. The zero-order valence-electron chi connectivity index (χ0n) is 17.5. The predicted molar refractivity (Wildman–Crippen MR) is 113 cm³/mol. The smallest absolute Gasteiger partial charge is 0.310 e. The standard InChI is InChI=1S/C22H31N5O2/c1-4-23-22(27-15-17(2)19(16-27)21(28)29-3)25-14-20-24-11-13-26(20)12-10-18-8-6-5-7-9-18/h5-9,11,13,17,19H,4,10,12,14-16H2,1-3H3,(H,23,25). The Morgan fingerprint density at radius 1 is 1.31 bits per heavy atom. The molecule has 2 unspecified atom stereocenters. The van der Waals surface area contributed by atoms with E-state index >= 15 is 0 Å². The van der Waals surface area contributed by atoms with E-state index in [4.69, 9.17) is 9.73 Å². The average Bonchev–Trinajstić information content (AvgIpc) is 3.36. The van der Waals surface area contributed by atoms with Gasteiger partial charge in [-0.25, -0.2) is 9.98 Å². The molecule has 3 rings (SSSR count). The highest BCUT2D eigenvalue weighted by molar-refractivity contribution is 5.82. The zero-order chi connectivity index (χ0) is 20.6. The van der Waals surface area contributed by atoms with Gasteiger partial charge in [0.2, 0.25) is 0 Å². The van der Waals surface area contributed by atoms with Gasteiger partial charge in [-0.1, -0.05) is 37.3 Å². The number of carbonyl (C=O) groups is 1. The monoisotopic (exact) mass is 397 g/mol. The lowest BCUT2D eigenvalue weighted by molar-refractivity contribution is -0.145. The second-order valence-electron chi connectivity index (χ2n) is 7.45. The molecule has 7 heteroatoms. The van der Waals surface area contributed by atoms with Gasteiger partial charge < -0.3 is 19.5 Å². The van der Waals surface area contributed by atoms with Crippen LogP contribution in [0.3, 0.4) is 0 Å². The summed E-state index contributed by atoms with van der Waals surface area (Å²) in [6, 6.07) is 10.5. The molecule has 1 aromatic heterocycles. The van der Waals surface area contributed by atoms with Gasteiger partial charge in [-0.2, -0.15) is 0 Å². The molecule has 1 aliphatic heterocycles. The first-order chi connectivity index (χ1) is 14.1. The van der Waals surface area contributed by atoms with Crippen molar-refractivity contribution in [1.82, 2.24) is 19.8 Å². The van der Waals surface area contributed by atoms with Gasteiger partial charge in [0.25, 0.3) is 0 Å². The first kappa shape index (κ1) is 20.9. The van der Waals surface area contributed by atoms with Crippen LogP contribution in [0.5, 0.6) is 0 Å². The van der Waals surface area contributed by atoms with Gasteiger partial charge in [-0.05, 0) is 24.8 Å². The number of imidazole rings is 1. The van der Waals surface area contributed by atoms with Crippen LogP contribution in [0.2, 0.25) is 0 Å². The van der Waals surface area contributed by atoms with Crippen LogP contribution < -0.4 is 5.32 Å². The number of hydrogen-bond donors (Lipinski definition) is 1. The van der Waals surface area contributed by atoms with E-state index in [9.17, 15) is 4.79 Å². The second kappa shape index (κ2) is 10.1. The van der Waals surface area contributed by atoms with E-state index in [1.807, 2.05) is 25.4 Å². The number of ether oxygens (including phenoxy) is 1. The van der Waals surface area contributed by atoms with E-state index in [2.05, 4.69) is 51.0 Å². The Hall–Kier alpha value is -2.83. The molecule has 0 bridgehead atoms. The van der Waals surface area contributed by atoms with E-state index in [-0.39, 0.29) is 17.8 Å². The van der Waals surface area contributed by atoms with Gasteiger partial charge in [0, 0.05) is 38.6 Å². The van der Waals surface area contributed by atoms with E-state index < -0.39 is 0 Å². The number of aromatic nitrogens is 2. The van der Waals surface area contributed by atoms with Gasteiger partial charge in [0.05, 0.1) is 13.0 Å². The van der Waals surface area contributed by atoms with Gasteiger partial charge in [0.15, 0.2) is 5.96 Å². The molecule has 156 valence electrons. The minimum absolute atomic E-state index is 0.114. The van der Waals surface area contributed by atoms with E-state index in [1.165, 1.54) is 12.7 Å². The lowest BCUT2D eigenvalue weighted by atomic mass is 9.99. The highest BCUT2D eigenvalue weighted by Crippen LogP contribution is 2.24. The number of nitrogens with zero attached hydrogens (tertiary/aromatic N) is 4. The van der Waals surface area contributed by atoms with Gasteiger partial charge in [-0.15, -0.1) is 0 Å². The Morgan fingerprint density at radius 3 is 2.83 bits per heavy atom. The number of aliphatic imine (C=N–C) groups is 1. The fraction of sp³-hybridized carbons (Fsp3) is 0.500. The molecular weight excluding hydrogens is 366 g/mol. The van der Waals surface area contributed by atoms with Crippen LogP contribution in [-0.2, 0) is 29.0 Å². The number of carbonyl (C=O) groups excluding carboxylic acids is 1. The summed E-state index contributed by atoms with van der Waals surface area (Å²) in [6.07, 6.45) is 4.79. The molecule has 2 atom stereocenters. The summed E-state index contributed by atoms with van der Waals surface area (Å²) in [6.45, 7) is 7.69. The van der Waals surface area contributed by atoms with E-state index in [1.54, 1.807) is 0 Å². The van der Waals surface area contributed by atoms with E-state index in [0.29, 0.717) is 13.1 Å². The molecule has 29 heavy (non-hydrogen) atoms. The first-order valence-electron chi connectivity index (χ1n) is 10.3. The first-order valence-corrected chi connectivity index (χ1v) is 10.3. The Kier molecular flexibility index (Phi) is 7.27. The number of likely N-dealkylation sites (tertiary alicyclic amines) is 1. The Bertz CT molecular complexity index is 818. The predicted octanol–water partition coefficient (Wildman–Crippen LogP) is 2.33. The Balaban J connectivity index is 1.65. The average molecular weight is 398 g/mol. The van der Waals surface area contributed by atoms with Crippen LogP contribution in [0, 0.1) is 11.8 Å². The Labute approximate surface area is 172 Å². The number of benzene rings is 1. The number of esters is 1. The Morgan fingerprint density at radius 2 is 2.10 bits per heavy atom. The maximum atomic E-state index is 12.0. The minimum atomic E-state index is -0.146. The third-order valence-electron chi connectivity index (χ3n) is 5.41. The van der Waals surface area contributed by atoms with Crippen LogP contribution in [0.15, 0.2) is 47.7 Å². The van der Waals surface area contributed by atoms with Gasteiger partial charge in [-0.3, -0.25) is 4.79 Å². The van der Waals surface area contributed by atoms with Gasteiger partial charge >= 0.3 is 5.97 Å². The summed E-state index contributed by atoms with van der Waals surface area (Å²) in [4.78, 5) is 23.4. The number of rotatable bonds is 7. The van der Waals surface area contributed by atoms with Crippen LogP contribution in [0.1, 0.15) is 25.2 Å². The number of nitrogens with one attached hydrogen (secondary N) is 1. The normalized spacial score (nSPS) is 19.4. The molecule has 2 aromatic rings. The van der Waals surface area contributed by atoms with Crippen molar-refractivity contribution in [2.45, 2.75) is 33.4 Å². The van der Waals surface area contributed by atoms with Crippen molar-refractivity contribution in [3.8, 4) is 0 Å². The van der Waals surface area contributed by atoms with Crippen molar-refractivity contribution in [1.29, 1.82) is 0 Å². The van der Waals surface area contributed by atoms with Crippen molar-refractivity contribution >= 4 is 11.9 Å². The molecule has 1 aromatic carbocycles. The van der Waals surface area contributed by atoms with Crippen LogP contribution >= 0.6 is 0 Å². The summed E-state index contributed by atoms with van der Waals surface area (Å²) < 4.78 is 7.11. The third kappa shape index (κ3) is 5.37. The molecule has 0 amide bonds. The summed E-state index contributed by atoms with van der Waals surface area (Å²) in [5.41, 5.74) is 1.31. The molecule has 1 N–H and O–H groups in total. The maximum Gasteiger partial charge on any atom is 0.310 e. The fourth-order valence-corrected chi connectivity index (χ4v) is 3.76. The SMILES string of the molecule is CCNC(=NCc1nccn1CCc1ccccc1)N1CC(C)C(C(=O)OC)C1. The molecule has 1 saturated heterocycles. The number of aryl methyl sites for hydroxylation is 2. The maximum absolute atomic E-state index is 12.0. The van der Waals surface area contributed by atoms with Crippen molar-refractivity contribution < 1.29 is 9.53 Å². The molecule has 0 spiro atoms. The molecular formula is C22H31N5O2. The highest BCUT2D eigenvalue weighted by atomic mass is 16.5. The molecule has 1 aliphatic rings. The van der Waals surface area contributed by atoms with Crippen LogP contribution in [-0.4, -0.2) is 53.1 Å². The lowest BCUT2D eigenvalue weighted by Gasteiger charge is -2.21. The van der Waals surface area contributed by atoms with Gasteiger partial charge in [0.1, 0.15) is 12.4 Å². The number of methoxy groups -OCH3 is 1. The van der Waals surface area contributed by atoms with Crippen molar-refractivity contribution in [3.63, 3.8) is 0 Å². The summed E-state index contributed by atoms with van der Waals surface area (Å²) >= 11 is 0. The van der Waals surface area contributed by atoms with Crippen LogP contribution in [0.4, 0.5) is 0 Å². The minimum Gasteiger partial charge on any atom is -0.469 e. The van der Waals surface area contributed by atoms with E-state index in [0.717, 1.165) is 37.8 Å². The fourth-order valence-electron chi connectivity index (χ4n) is 3.76. The van der Waals surface area contributed by atoms with Crippen LogP contribution in [0.25, 0.3) is 0 Å². The number of guanidine groups is 1. The molecule has 0 saturated carbocycles.